The fraction of sp³-hybridized carbons (Fsp3) is 0.350. The highest BCUT2D eigenvalue weighted by atomic mass is 16.6. The molecule has 0 heterocycles. The van der Waals surface area contributed by atoms with Crippen LogP contribution in [0.4, 0.5) is 11.4 Å². The van der Waals surface area contributed by atoms with E-state index in [2.05, 4.69) is 19.2 Å². The molecule has 0 fully saturated rings. The van der Waals surface area contributed by atoms with Gasteiger partial charge in [0.25, 0.3) is 5.69 Å². The maximum absolute atomic E-state index is 12.0. The molecule has 0 aliphatic heterocycles. The van der Waals surface area contributed by atoms with Crippen LogP contribution in [0.15, 0.2) is 42.5 Å². The number of hydrogen-bond donors (Lipinski definition) is 1. The first-order valence-electron chi connectivity index (χ1n) is 8.64. The van der Waals surface area contributed by atoms with Crippen LogP contribution >= 0.6 is 0 Å². The molecule has 1 amide bonds. The molecule has 6 nitrogen and oxygen atoms in total. The van der Waals surface area contributed by atoms with Crippen LogP contribution in [0.3, 0.4) is 0 Å². The van der Waals surface area contributed by atoms with E-state index in [0.29, 0.717) is 24.6 Å². The second-order valence-electron chi connectivity index (χ2n) is 6.48. The zero-order valence-electron chi connectivity index (χ0n) is 15.3. The van der Waals surface area contributed by atoms with Crippen molar-refractivity contribution in [3.63, 3.8) is 0 Å². The molecule has 138 valence electrons. The number of nitro groups is 1. The largest absolute Gasteiger partial charge is 0.494 e. The standard InChI is InChI=1S/C20H24N2O4/c1-14(2)16-7-10-18(11-8-16)26-12-4-5-20(23)21-19-13-17(22(24)25)9-6-15(19)3/h6-11,13-14H,4-5,12H2,1-3H3,(H,21,23). The average molecular weight is 356 g/mol. The molecule has 2 aromatic carbocycles. The summed E-state index contributed by atoms with van der Waals surface area (Å²) in [5.74, 6) is 1.07. The molecule has 0 saturated heterocycles. The van der Waals surface area contributed by atoms with Gasteiger partial charge < -0.3 is 10.1 Å². The summed E-state index contributed by atoms with van der Waals surface area (Å²) in [5.41, 5.74) is 2.46. The molecule has 26 heavy (non-hydrogen) atoms. The topological polar surface area (TPSA) is 81.5 Å². The van der Waals surface area contributed by atoms with Crippen molar-refractivity contribution in [1.82, 2.24) is 0 Å². The number of amides is 1. The fourth-order valence-electron chi connectivity index (χ4n) is 2.44. The van der Waals surface area contributed by atoms with E-state index >= 15 is 0 Å². The van der Waals surface area contributed by atoms with Crippen LogP contribution in [0, 0.1) is 17.0 Å². The van der Waals surface area contributed by atoms with Crippen molar-refractivity contribution in [3.05, 3.63) is 63.7 Å². The van der Waals surface area contributed by atoms with Crippen molar-refractivity contribution < 1.29 is 14.5 Å². The minimum atomic E-state index is -0.479. The minimum absolute atomic E-state index is 0.0425. The summed E-state index contributed by atoms with van der Waals surface area (Å²) in [7, 11) is 0. The number of aryl methyl sites for hydroxylation is 1. The predicted molar refractivity (Wildman–Crippen MR) is 102 cm³/mol. The number of non-ortho nitro benzene ring substituents is 1. The maximum atomic E-state index is 12.0. The molecule has 2 aromatic rings. The van der Waals surface area contributed by atoms with Gasteiger partial charge in [-0.2, -0.15) is 0 Å². The molecule has 0 radical (unpaired) electrons. The smallest absolute Gasteiger partial charge is 0.271 e. The monoisotopic (exact) mass is 356 g/mol. The molecule has 0 aliphatic rings. The summed E-state index contributed by atoms with van der Waals surface area (Å²) < 4.78 is 5.65. The van der Waals surface area contributed by atoms with E-state index in [1.807, 2.05) is 24.3 Å². The van der Waals surface area contributed by atoms with Gasteiger partial charge in [0.15, 0.2) is 0 Å². The van der Waals surface area contributed by atoms with E-state index < -0.39 is 4.92 Å². The molecular weight excluding hydrogens is 332 g/mol. The third-order valence-electron chi connectivity index (χ3n) is 4.07. The van der Waals surface area contributed by atoms with Gasteiger partial charge in [-0.25, -0.2) is 0 Å². The number of nitrogens with zero attached hydrogens (tertiary/aromatic N) is 1. The van der Waals surface area contributed by atoms with Crippen molar-refractivity contribution in [2.75, 3.05) is 11.9 Å². The number of carbonyl (C=O) groups is 1. The van der Waals surface area contributed by atoms with Crippen molar-refractivity contribution in [3.8, 4) is 5.75 Å². The predicted octanol–water partition coefficient (Wildman–Crippen LogP) is 4.82. The molecule has 1 N–H and O–H groups in total. The third-order valence-corrected chi connectivity index (χ3v) is 4.07. The highest BCUT2D eigenvalue weighted by Crippen LogP contribution is 2.22. The number of ether oxygens (including phenoxy) is 1. The SMILES string of the molecule is Cc1ccc([N+](=O)[O-])cc1NC(=O)CCCOc1ccc(C(C)C)cc1. The van der Waals surface area contributed by atoms with E-state index in [1.165, 1.54) is 17.7 Å². The Labute approximate surface area is 153 Å². The number of rotatable bonds is 8. The molecule has 0 aliphatic carbocycles. The summed E-state index contributed by atoms with van der Waals surface area (Å²) in [5, 5.41) is 13.6. The first kappa shape index (κ1) is 19.4. The average Bonchev–Trinajstić information content (AvgIpc) is 2.61. The van der Waals surface area contributed by atoms with E-state index in [4.69, 9.17) is 4.74 Å². The number of nitro benzene ring substituents is 1. The molecular formula is C20H24N2O4. The number of benzene rings is 2. The third kappa shape index (κ3) is 5.58. The van der Waals surface area contributed by atoms with Crippen LogP contribution in [0.5, 0.6) is 5.75 Å². The maximum Gasteiger partial charge on any atom is 0.271 e. The van der Waals surface area contributed by atoms with Crippen LogP contribution in [0.1, 0.15) is 43.7 Å². The first-order chi connectivity index (χ1) is 12.4. The molecule has 0 atom stereocenters. The lowest BCUT2D eigenvalue weighted by Gasteiger charge is -2.10. The number of carbonyl (C=O) groups excluding carboxylic acids is 1. The molecule has 0 aromatic heterocycles. The van der Waals surface area contributed by atoms with Gasteiger partial charge >= 0.3 is 0 Å². The lowest BCUT2D eigenvalue weighted by molar-refractivity contribution is -0.384. The number of anilines is 1. The summed E-state index contributed by atoms with van der Waals surface area (Å²) >= 11 is 0. The van der Waals surface area contributed by atoms with Gasteiger partial charge in [0, 0.05) is 18.6 Å². The molecule has 2 rings (SSSR count). The fourth-order valence-corrected chi connectivity index (χ4v) is 2.44. The molecule has 6 heteroatoms. The Morgan fingerprint density at radius 1 is 1.19 bits per heavy atom. The van der Waals surface area contributed by atoms with E-state index in [1.54, 1.807) is 13.0 Å². The molecule has 0 unspecified atom stereocenters. The van der Waals surface area contributed by atoms with Crippen molar-refractivity contribution in [1.29, 1.82) is 0 Å². The highest BCUT2D eigenvalue weighted by molar-refractivity contribution is 5.91. The molecule has 0 bridgehead atoms. The summed E-state index contributed by atoms with van der Waals surface area (Å²) in [6.45, 7) is 6.50. The van der Waals surface area contributed by atoms with E-state index in [9.17, 15) is 14.9 Å². The molecule has 0 saturated carbocycles. The van der Waals surface area contributed by atoms with Gasteiger partial charge in [-0.15, -0.1) is 0 Å². The van der Waals surface area contributed by atoms with Gasteiger partial charge in [0.2, 0.25) is 5.91 Å². The highest BCUT2D eigenvalue weighted by Gasteiger charge is 2.11. The Bertz CT molecular complexity index is 770. The number of nitrogens with one attached hydrogen (secondary N) is 1. The van der Waals surface area contributed by atoms with E-state index in [-0.39, 0.29) is 18.0 Å². The Kier molecular flexibility index (Phi) is 6.72. The zero-order chi connectivity index (χ0) is 19.1. The Balaban J connectivity index is 1.79. The summed E-state index contributed by atoms with van der Waals surface area (Å²) in [4.78, 5) is 22.4. The quantitative estimate of drug-likeness (QED) is 0.417. The number of hydrogen-bond acceptors (Lipinski definition) is 4. The van der Waals surface area contributed by atoms with E-state index in [0.717, 1.165) is 11.3 Å². The lowest BCUT2D eigenvalue weighted by Crippen LogP contribution is -2.13. The van der Waals surface area contributed by atoms with Crippen molar-refractivity contribution in [2.24, 2.45) is 0 Å². The first-order valence-corrected chi connectivity index (χ1v) is 8.64. The second kappa shape index (κ2) is 8.99. The Morgan fingerprint density at radius 3 is 2.50 bits per heavy atom. The van der Waals surface area contributed by atoms with Crippen LogP contribution in [0.25, 0.3) is 0 Å². The van der Waals surface area contributed by atoms with Crippen molar-refractivity contribution in [2.45, 2.75) is 39.5 Å². The van der Waals surface area contributed by atoms with Gasteiger partial charge in [-0.05, 0) is 42.5 Å². The normalized spacial score (nSPS) is 10.6. The van der Waals surface area contributed by atoms with Crippen LogP contribution < -0.4 is 10.1 Å². The van der Waals surface area contributed by atoms with Crippen LogP contribution in [-0.2, 0) is 4.79 Å². The lowest BCUT2D eigenvalue weighted by atomic mass is 10.0. The van der Waals surface area contributed by atoms with Gasteiger partial charge in [-0.3, -0.25) is 14.9 Å². The minimum Gasteiger partial charge on any atom is -0.494 e. The summed E-state index contributed by atoms with van der Waals surface area (Å²) in [6.07, 6.45) is 0.845. The van der Waals surface area contributed by atoms with Gasteiger partial charge in [-0.1, -0.05) is 32.0 Å². The van der Waals surface area contributed by atoms with Crippen LogP contribution in [-0.4, -0.2) is 17.4 Å². The Morgan fingerprint density at radius 2 is 1.88 bits per heavy atom. The molecule has 0 spiro atoms. The second-order valence-corrected chi connectivity index (χ2v) is 6.48. The van der Waals surface area contributed by atoms with Gasteiger partial charge in [0.05, 0.1) is 17.2 Å². The Hall–Kier alpha value is -2.89. The van der Waals surface area contributed by atoms with Crippen molar-refractivity contribution >= 4 is 17.3 Å². The van der Waals surface area contributed by atoms with Gasteiger partial charge in [0.1, 0.15) is 5.75 Å². The van der Waals surface area contributed by atoms with Crippen LogP contribution in [0.2, 0.25) is 0 Å². The summed E-state index contributed by atoms with van der Waals surface area (Å²) in [6, 6.07) is 12.4. The zero-order valence-corrected chi connectivity index (χ0v) is 15.3.